The van der Waals surface area contributed by atoms with Gasteiger partial charge in [-0.1, -0.05) is 19.1 Å². The number of fused-ring (bicyclic) bond motifs is 1. The molecule has 0 saturated carbocycles. The number of rotatable bonds is 4. The number of hydrogen-bond acceptors (Lipinski definition) is 4. The molecule has 0 bridgehead atoms. The maximum absolute atomic E-state index is 12.0. The molecule has 1 N–H and O–H groups in total. The molecule has 3 rings (SSSR count). The van der Waals surface area contributed by atoms with E-state index in [0.29, 0.717) is 17.1 Å². The number of benzene rings is 2. The molecule has 0 aromatic heterocycles. The van der Waals surface area contributed by atoms with Crippen molar-refractivity contribution in [1.29, 1.82) is 0 Å². The molecule has 1 heterocycles. The fourth-order valence-corrected chi connectivity index (χ4v) is 2.57. The summed E-state index contributed by atoms with van der Waals surface area (Å²) in [5.41, 5.74) is 5.07. The number of nitrogens with one attached hydrogen (secondary N) is 1. The van der Waals surface area contributed by atoms with E-state index in [1.807, 2.05) is 18.2 Å². The zero-order valence-electron chi connectivity index (χ0n) is 12.5. The summed E-state index contributed by atoms with van der Waals surface area (Å²) < 4.78 is 11.4. The van der Waals surface area contributed by atoms with E-state index in [0.717, 1.165) is 16.5 Å². The standard InChI is InChI=1S/C17H15BrN2O3/c1-2-11-3-5-12(6-4-11)17(21)20-19-9-13-7-15-16(8-14(13)18)23-10-22-15/h3-9H,2,10H2,1H3,(H,20,21)/b19-9-. The number of aryl methyl sites for hydroxylation is 1. The molecule has 5 nitrogen and oxygen atoms in total. The summed E-state index contributed by atoms with van der Waals surface area (Å²) in [7, 11) is 0. The number of carbonyl (C=O) groups excluding carboxylic acids is 1. The second-order valence-electron chi connectivity index (χ2n) is 4.98. The Morgan fingerprint density at radius 2 is 1.96 bits per heavy atom. The van der Waals surface area contributed by atoms with E-state index in [4.69, 9.17) is 9.47 Å². The molecular formula is C17H15BrN2O3. The van der Waals surface area contributed by atoms with Crippen molar-refractivity contribution in [3.05, 3.63) is 57.6 Å². The average molecular weight is 375 g/mol. The van der Waals surface area contributed by atoms with E-state index in [1.54, 1.807) is 24.4 Å². The maximum Gasteiger partial charge on any atom is 0.271 e. The molecule has 0 saturated heterocycles. The lowest BCUT2D eigenvalue weighted by molar-refractivity contribution is 0.0955. The molecule has 0 aliphatic carbocycles. The van der Waals surface area contributed by atoms with Crippen LogP contribution in [0.1, 0.15) is 28.4 Å². The Balaban J connectivity index is 1.67. The summed E-state index contributed by atoms with van der Waals surface area (Å²) in [4.78, 5) is 12.0. The third-order valence-corrected chi connectivity index (χ3v) is 4.17. The van der Waals surface area contributed by atoms with Gasteiger partial charge in [-0.25, -0.2) is 5.43 Å². The Morgan fingerprint density at radius 3 is 2.65 bits per heavy atom. The van der Waals surface area contributed by atoms with Crippen LogP contribution in [0.15, 0.2) is 46.0 Å². The van der Waals surface area contributed by atoms with Gasteiger partial charge in [-0.05, 0) is 52.2 Å². The van der Waals surface area contributed by atoms with Crippen LogP contribution in [0.4, 0.5) is 0 Å². The van der Waals surface area contributed by atoms with Crippen molar-refractivity contribution >= 4 is 28.1 Å². The molecule has 0 unspecified atom stereocenters. The Kier molecular flexibility index (Phi) is 4.62. The second-order valence-corrected chi connectivity index (χ2v) is 5.83. The van der Waals surface area contributed by atoms with Gasteiger partial charge in [0, 0.05) is 15.6 Å². The van der Waals surface area contributed by atoms with Crippen molar-refractivity contribution in [2.24, 2.45) is 5.10 Å². The van der Waals surface area contributed by atoms with Crippen molar-refractivity contribution in [3.8, 4) is 11.5 Å². The van der Waals surface area contributed by atoms with Crippen molar-refractivity contribution in [3.63, 3.8) is 0 Å². The molecule has 0 radical (unpaired) electrons. The summed E-state index contributed by atoms with van der Waals surface area (Å²) in [6.45, 7) is 2.29. The van der Waals surface area contributed by atoms with Gasteiger partial charge in [-0.3, -0.25) is 4.79 Å². The van der Waals surface area contributed by atoms with Crippen LogP contribution in [0.5, 0.6) is 11.5 Å². The molecule has 6 heteroatoms. The predicted octanol–water partition coefficient (Wildman–Crippen LogP) is 3.50. The van der Waals surface area contributed by atoms with Gasteiger partial charge in [0.2, 0.25) is 6.79 Å². The summed E-state index contributed by atoms with van der Waals surface area (Å²) in [6, 6.07) is 11.1. The topological polar surface area (TPSA) is 59.9 Å². The average Bonchev–Trinajstić information content (AvgIpc) is 3.02. The first-order valence-corrected chi connectivity index (χ1v) is 7.98. The van der Waals surface area contributed by atoms with Crippen LogP contribution in [0.2, 0.25) is 0 Å². The number of nitrogens with zero attached hydrogens (tertiary/aromatic N) is 1. The summed E-state index contributed by atoms with van der Waals surface area (Å²) in [5, 5.41) is 4.00. The fraction of sp³-hybridized carbons (Fsp3) is 0.176. The van der Waals surface area contributed by atoms with Crippen LogP contribution >= 0.6 is 15.9 Å². The highest BCUT2D eigenvalue weighted by Crippen LogP contribution is 2.36. The van der Waals surface area contributed by atoms with Gasteiger partial charge in [0.15, 0.2) is 11.5 Å². The molecule has 118 valence electrons. The Bertz CT molecular complexity index is 757. The van der Waals surface area contributed by atoms with Gasteiger partial charge in [-0.2, -0.15) is 5.10 Å². The third kappa shape index (κ3) is 3.53. The maximum atomic E-state index is 12.0. The number of hydrogen-bond donors (Lipinski definition) is 1. The second kappa shape index (κ2) is 6.83. The van der Waals surface area contributed by atoms with E-state index in [2.05, 4.69) is 33.4 Å². The normalized spacial score (nSPS) is 12.6. The monoisotopic (exact) mass is 374 g/mol. The molecule has 2 aromatic rings. The number of hydrazone groups is 1. The number of halogens is 1. The molecule has 0 fully saturated rings. The smallest absolute Gasteiger partial charge is 0.271 e. The summed E-state index contributed by atoms with van der Waals surface area (Å²) in [6.07, 6.45) is 2.50. The molecule has 1 aliphatic rings. The first kappa shape index (κ1) is 15.6. The van der Waals surface area contributed by atoms with Crippen molar-refractivity contribution in [2.45, 2.75) is 13.3 Å². The van der Waals surface area contributed by atoms with Crippen LogP contribution < -0.4 is 14.9 Å². The Hall–Kier alpha value is -2.34. The van der Waals surface area contributed by atoms with E-state index in [9.17, 15) is 4.79 Å². The largest absolute Gasteiger partial charge is 0.454 e. The first-order valence-electron chi connectivity index (χ1n) is 7.19. The molecule has 2 aromatic carbocycles. The van der Waals surface area contributed by atoms with Gasteiger partial charge >= 0.3 is 0 Å². The van der Waals surface area contributed by atoms with Gasteiger partial charge in [0.25, 0.3) is 5.91 Å². The van der Waals surface area contributed by atoms with Gasteiger partial charge < -0.3 is 9.47 Å². The minimum absolute atomic E-state index is 0.215. The highest BCUT2D eigenvalue weighted by atomic mass is 79.9. The number of ether oxygens (including phenoxy) is 2. The van der Waals surface area contributed by atoms with Crippen LogP contribution in [0.25, 0.3) is 0 Å². The highest BCUT2D eigenvalue weighted by Gasteiger charge is 2.15. The van der Waals surface area contributed by atoms with Crippen molar-refractivity contribution < 1.29 is 14.3 Å². The van der Waals surface area contributed by atoms with Gasteiger partial charge in [0.1, 0.15) is 0 Å². The highest BCUT2D eigenvalue weighted by molar-refractivity contribution is 9.10. The quantitative estimate of drug-likeness (QED) is 0.657. The SMILES string of the molecule is CCc1ccc(C(=O)N/N=C\c2cc3c(cc2Br)OCO3)cc1. The minimum Gasteiger partial charge on any atom is -0.454 e. The van der Waals surface area contributed by atoms with Crippen LogP contribution in [-0.2, 0) is 6.42 Å². The molecule has 1 amide bonds. The van der Waals surface area contributed by atoms with E-state index in [1.165, 1.54) is 5.56 Å². The molecular weight excluding hydrogens is 360 g/mol. The Labute approximate surface area is 142 Å². The number of carbonyl (C=O) groups is 1. The van der Waals surface area contributed by atoms with E-state index in [-0.39, 0.29) is 12.7 Å². The lowest BCUT2D eigenvalue weighted by Gasteiger charge is -2.03. The van der Waals surface area contributed by atoms with Gasteiger partial charge in [-0.15, -0.1) is 0 Å². The van der Waals surface area contributed by atoms with Crippen LogP contribution in [0, 0.1) is 0 Å². The summed E-state index contributed by atoms with van der Waals surface area (Å²) >= 11 is 3.44. The summed E-state index contributed by atoms with van der Waals surface area (Å²) in [5.74, 6) is 1.10. The molecule has 1 aliphatic heterocycles. The number of amides is 1. The Morgan fingerprint density at radius 1 is 1.26 bits per heavy atom. The zero-order chi connectivity index (χ0) is 16.2. The van der Waals surface area contributed by atoms with Gasteiger partial charge in [0.05, 0.1) is 6.21 Å². The predicted molar refractivity (Wildman–Crippen MR) is 91.1 cm³/mol. The van der Waals surface area contributed by atoms with E-state index >= 15 is 0 Å². The lowest BCUT2D eigenvalue weighted by Crippen LogP contribution is -2.17. The van der Waals surface area contributed by atoms with Crippen LogP contribution in [0.3, 0.4) is 0 Å². The third-order valence-electron chi connectivity index (χ3n) is 3.49. The first-order chi connectivity index (χ1) is 11.2. The fourth-order valence-electron chi connectivity index (χ4n) is 2.15. The van der Waals surface area contributed by atoms with Crippen LogP contribution in [-0.4, -0.2) is 18.9 Å². The molecule has 0 atom stereocenters. The lowest BCUT2D eigenvalue weighted by atomic mass is 10.1. The zero-order valence-corrected chi connectivity index (χ0v) is 14.1. The van der Waals surface area contributed by atoms with Crippen molar-refractivity contribution in [2.75, 3.05) is 6.79 Å². The van der Waals surface area contributed by atoms with Crippen molar-refractivity contribution in [1.82, 2.24) is 5.43 Å². The van der Waals surface area contributed by atoms with E-state index < -0.39 is 0 Å². The molecule has 23 heavy (non-hydrogen) atoms. The molecule has 0 spiro atoms. The minimum atomic E-state index is -0.249.